The van der Waals surface area contributed by atoms with E-state index in [1.165, 1.54) is 35.0 Å². The number of amides is 3. The summed E-state index contributed by atoms with van der Waals surface area (Å²) in [6.07, 6.45) is 1.66. The monoisotopic (exact) mass is 450 g/mol. The number of benzene rings is 2. The molecule has 1 aliphatic rings. The van der Waals surface area contributed by atoms with E-state index in [9.17, 15) is 19.2 Å². The summed E-state index contributed by atoms with van der Waals surface area (Å²) in [6.45, 7) is 2.42. The summed E-state index contributed by atoms with van der Waals surface area (Å²) in [7, 11) is 0. The Labute approximate surface area is 188 Å². The van der Waals surface area contributed by atoms with Crippen LogP contribution in [0.5, 0.6) is 0 Å². The molecular weight excluding hydrogens is 432 g/mol. The van der Waals surface area contributed by atoms with Crippen molar-refractivity contribution in [2.75, 3.05) is 10.2 Å². The van der Waals surface area contributed by atoms with Crippen LogP contribution in [0.3, 0.4) is 0 Å². The number of anilines is 2. The number of hydrogen-bond acceptors (Lipinski definition) is 5. The number of fused-ring (bicyclic) bond motifs is 1. The van der Waals surface area contributed by atoms with Gasteiger partial charge in [-0.2, -0.15) is 5.10 Å². The van der Waals surface area contributed by atoms with Crippen LogP contribution in [0.15, 0.2) is 59.4 Å². The molecule has 0 fully saturated rings. The normalized spacial score (nSPS) is 12.8. The topological polar surface area (TPSA) is 101 Å². The number of rotatable bonds is 6. The minimum Gasteiger partial charge on any atom is -0.321 e. The molecule has 8 nitrogen and oxygen atoms in total. The van der Waals surface area contributed by atoms with E-state index in [1.54, 1.807) is 24.3 Å². The van der Waals surface area contributed by atoms with Gasteiger partial charge in [0.15, 0.2) is 0 Å². The Bertz CT molecular complexity index is 1270. The third-order valence-corrected chi connectivity index (χ3v) is 5.37. The maximum absolute atomic E-state index is 12.7. The summed E-state index contributed by atoms with van der Waals surface area (Å²) < 4.78 is 1.26. The van der Waals surface area contributed by atoms with E-state index >= 15 is 0 Å². The van der Waals surface area contributed by atoms with E-state index in [2.05, 4.69) is 10.4 Å². The van der Waals surface area contributed by atoms with Gasteiger partial charge >= 0.3 is 0 Å². The first-order valence-corrected chi connectivity index (χ1v) is 10.5. The molecule has 0 radical (unpaired) electrons. The Morgan fingerprint density at radius 1 is 1.00 bits per heavy atom. The Kier molecular flexibility index (Phi) is 5.87. The van der Waals surface area contributed by atoms with E-state index in [4.69, 9.17) is 11.6 Å². The zero-order valence-corrected chi connectivity index (χ0v) is 17.9. The molecule has 0 atom stereocenters. The van der Waals surface area contributed by atoms with Gasteiger partial charge in [0.1, 0.15) is 5.69 Å². The van der Waals surface area contributed by atoms with Crippen molar-refractivity contribution >= 4 is 40.7 Å². The minimum atomic E-state index is -0.514. The highest BCUT2D eigenvalue weighted by atomic mass is 35.5. The molecule has 1 aliphatic heterocycles. The zero-order valence-electron chi connectivity index (χ0n) is 17.2. The number of nitrogens with one attached hydrogen (secondary N) is 1. The third kappa shape index (κ3) is 3.92. The summed E-state index contributed by atoms with van der Waals surface area (Å²) in [5.41, 5.74) is 1.02. The summed E-state index contributed by atoms with van der Waals surface area (Å²) in [6, 6.07) is 13.7. The SMILES string of the molecule is CCCCn1nc(C(=O)Nc2ccc(N3C(=O)c4ccccc4C3=O)c(Cl)c2)ccc1=O. The van der Waals surface area contributed by atoms with Crippen LogP contribution in [0, 0.1) is 0 Å². The van der Waals surface area contributed by atoms with Crippen LogP contribution in [0.4, 0.5) is 11.4 Å². The average molecular weight is 451 g/mol. The lowest BCUT2D eigenvalue weighted by molar-refractivity contribution is 0.0924. The quantitative estimate of drug-likeness (QED) is 0.576. The molecule has 0 saturated carbocycles. The zero-order chi connectivity index (χ0) is 22.8. The Balaban J connectivity index is 1.55. The van der Waals surface area contributed by atoms with Gasteiger partial charge in [-0.1, -0.05) is 37.1 Å². The van der Waals surface area contributed by atoms with Gasteiger partial charge in [0, 0.05) is 18.3 Å². The second kappa shape index (κ2) is 8.76. The number of unbranched alkanes of at least 4 members (excludes halogenated alkanes) is 1. The molecule has 32 heavy (non-hydrogen) atoms. The van der Waals surface area contributed by atoms with Crippen LogP contribution in [0.2, 0.25) is 5.02 Å². The number of carbonyl (C=O) groups is 3. The van der Waals surface area contributed by atoms with Crippen molar-refractivity contribution in [3.05, 3.63) is 86.8 Å². The van der Waals surface area contributed by atoms with Crippen molar-refractivity contribution < 1.29 is 14.4 Å². The molecule has 9 heteroatoms. The standard InChI is InChI=1S/C23H19ClN4O4/c1-2-3-12-27-20(29)11-9-18(26-27)21(30)25-14-8-10-19(17(24)13-14)28-22(31)15-6-4-5-7-16(15)23(28)32/h4-11,13H,2-3,12H2,1H3,(H,25,30). The fourth-order valence-electron chi connectivity index (χ4n) is 3.41. The van der Waals surface area contributed by atoms with Gasteiger partial charge in [-0.3, -0.25) is 19.2 Å². The van der Waals surface area contributed by atoms with Crippen molar-refractivity contribution in [1.82, 2.24) is 9.78 Å². The lowest BCUT2D eigenvalue weighted by Gasteiger charge is -2.16. The average Bonchev–Trinajstić information content (AvgIpc) is 3.04. The molecule has 0 unspecified atom stereocenters. The Morgan fingerprint density at radius 2 is 1.69 bits per heavy atom. The number of carbonyl (C=O) groups excluding carboxylic acids is 3. The highest BCUT2D eigenvalue weighted by Gasteiger charge is 2.37. The van der Waals surface area contributed by atoms with Crippen molar-refractivity contribution in [1.29, 1.82) is 0 Å². The molecule has 0 spiro atoms. The van der Waals surface area contributed by atoms with E-state index in [0.717, 1.165) is 17.7 Å². The molecular formula is C23H19ClN4O4. The highest BCUT2D eigenvalue weighted by molar-refractivity contribution is 6.40. The maximum atomic E-state index is 12.7. The number of halogens is 1. The lowest BCUT2D eigenvalue weighted by Crippen LogP contribution is -2.29. The van der Waals surface area contributed by atoms with E-state index in [1.807, 2.05) is 6.92 Å². The predicted octanol–water partition coefficient (Wildman–Crippen LogP) is 3.75. The number of nitrogens with zero attached hydrogens (tertiary/aromatic N) is 3. The van der Waals surface area contributed by atoms with E-state index in [0.29, 0.717) is 23.4 Å². The molecule has 2 aromatic carbocycles. The van der Waals surface area contributed by atoms with Gasteiger partial charge < -0.3 is 5.32 Å². The first-order valence-electron chi connectivity index (χ1n) is 10.1. The van der Waals surface area contributed by atoms with Crippen molar-refractivity contribution in [2.45, 2.75) is 26.3 Å². The van der Waals surface area contributed by atoms with Crippen LogP contribution in [0.25, 0.3) is 0 Å². The summed E-state index contributed by atoms with van der Waals surface area (Å²) in [5, 5.41) is 6.91. The lowest BCUT2D eigenvalue weighted by atomic mass is 10.1. The second-order valence-electron chi connectivity index (χ2n) is 7.25. The molecule has 1 N–H and O–H groups in total. The number of aromatic nitrogens is 2. The first kappa shape index (κ1) is 21.5. The van der Waals surface area contributed by atoms with Crippen molar-refractivity contribution in [3.63, 3.8) is 0 Å². The van der Waals surface area contributed by atoms with Crippen molar-refractivity contribution in [2.24, 2.45) is 0 Å². The predicted molar refractivity (Wildman–Crippen MR) is 120 cm³/mol. The highest BCUT2D eigenvalue weighted by Crippen LogP contribution is 2.34. The van der Waals surface area contributed by atoms with Gasteiger partial charge in [-0.25, -0.2) is 9.58 Å². The number of hydrogen-bond donors (Lipinski definition) is 1. The Hall–Kier alpha value is -3.78. The molecule has 4 rings (SSSR count). The van der Waals surface area contributed by atoms with Crippen LogP contribution >= 0.6 is 11.6 Å². The molecule has 0 bridgehead atoms. The molecule has 162 valence electrons. The van der Waals surface area contributed by atoms with Gasteiger partial charge in [0.25, 0.3) is 23.3 Å². The number of imide groups is 1. The van der Waals surface area contributed by atoms with Gasteiger partial charge in [0.05, 0.1) is 21.8 Å². The molecule has 1 aromatic heterocycles. The molecule has 2 heterocycles. The van der Waals surface area contributed by atoms with Crippen LogP contribution in [-0.2, 0) is 6.54 Å². The summed E-state index contributed by atoms with van der Waals surface area (Å²) in [4.78, 5) is 50.9. The molecule has 0 saturated heterocycles. The minimum absolute atomic E-state index is 0.0845. The van der Waals surface area contributed by atoms with Gasteiger partial charge in [-0.15, -0.1) is 0 Å². The smallest absolute Gasteiger partial charge is 0.276 e. The molecule has 3 aromatic rings. The van der Waals surface area contributed by atoms with Crippen LogP contribution in [-0.4, -0.2) is 27.5 Å². The maximum Gasteiger partial charge on any atom is 0.276 e. The number of aryl methyl sites for hydroxylation is 1. The van der Waals surface area contributed by atoms with Crippen molar-refractivity contribution in [3.8, 4) is 0 Å². The second-order valence-corrected chi connectivity index (χ2v) is 7.65. The van der Waals surface area contributed by atoms with E-state index in [-0.39, 0.29) is 22.0 Å². The summed E-state index contributed by atoms with van der Waals surface area (Å²) in [5.74, 6) is -1.43. The van der Waals surface area contributed by atoms with Gasteiger partial charge in [-0.05, 0) is 42.8 Å². The van der Waals surface area contributed by atoms with Crippen LogP contribution in [0.1, 0.15) is 51.0 Å². The first-order chi connectivity index (χ1) is 15.4. The third-order valence-electron chi connectivity index (χ3n) is 5.06. The molecule has 3 amide bonds. The Morgan fingerprint density at radius 3 is 2.31 bits per heavy atom. The van der Waals surface area contributed by atoms with Gasteiger partial charge in [0.2, 0.25) is 0 Å². The summed E-state index contributed by atoms with van der Waals surface area (Å²) >= 11 is 6.36. The molecule has 0 aliphatic carbocycles. The van der Waals surface area contributed by atoms with E-state index < -0.39 is 17.7 Å². The largest absolute Gasteiger partial charge is 0.321 e. The fourth-order valence-corrected chi connectivity index (χ4v) is 3.67. The fraction of sp³-hybridized carbons (Fsp3) is 0.174. The van der Waals surface area contributed by atoms with Crippen LogP contribution < -0.4 is 15.8 Å².